The summed E-state index contributed by atoms with van der Waals surface area (Å²) < 4.78 is 22.8. The molecule has 0 amide bonds. The standard InChI is InChI=1S/C76H129NO8/c1-6-8-10-12-14-16-18-20-22-24-26-28-30-32-33-34-35-36-37-38-39-40-41-43-45-47-49-51-53-55-57-59-61-63-65-67-74(79)85-72(71-84-76(75(80)81)82-69-68-77(3,4)5)70-83-73(78)66-64-62-60-58-56-54-52-50-48-46-44-42-31-29-27-25-23-21-19-17-15-13-11-9-7-2/h8,10,14,16,19-22,25-28,32-33,35-36,38-39,41,43,72,76H,6-7,9,11-13,15,17-18,23-24,29-31,34,37,40,42,44-71H2,1-5H3/b10-8-,16-14-,21-19-,22-20-,27-25-,28-26-,33-32-,36-35-,39-38-,43-41-. The molecule has 0 spiro atoms. The van der Waals surface area contributed by atoms with Crippen LogP contribution in [0.5, 0.6) is 0 Å². The SMILES string of the molecule is CC/C=C\C/C=C\C/C=C\C/C=C\C/C=C\C/C=C\C/C=C\C/C=C\CCCCCCCCCCCCC(=O)OC(COC(=O)CCCCCCCCCCCCCCC/C=C\C/C=C\CCCCCCC)COC(OCC[N+](C)(C)C)C(=O)[O-]. The second-order valence-electron chi connectivity index (χ2n) is 24.1. The molecule has 0 heterocycles. The maximum atomic E-state index is 12.9. The molecular weight excluding hydrogens is 1050 g/mol. The maximum Gasteiger partial charge on any atom is 0.306 e. The monoisotopic (exact) mass is 1180 g/mol. The minimum atomic E-state index is -1.63. The molecule has 0 aromatic heterocycles. The zero-order chi connectivity index (χ0) is 61.9. The number of hydrogen-bond acceptors (Lipinski definition) is 8. The van der Waals surface area contributed by atoms with Crippen molar-refractivity contribution < 1.29 is 42.9 Å². The van der Waals surface area contributed by atoms with E-state index in [0.717, 1.165) is 103 Å². The summed E-state index contributed by atoms with van der Waals surface area (Å²) in [4.78, 5) is 37.5. The third kappa shape index (κ3) is 67.1. The Morgan fingerprint density at radius 2 is 0.671 bits per heavy atom. The number of hydrogen-bond donors (Lipinski definition) is 0. The topological polar surface area (TPSA) is 111 Å². The summed E-state index contributed by atoms with van der Waals surface area (Å²) in [6, 6.07) is 0. The largest absolute Gasteiger partial charge is 0.545 e. The van der Waals surface area contributed by atoms with E-state index in [1.54, 1.807) is 0 Å². The maximum absolute atomic E-state index is 12.9. The van der Waals surface area contributed by atoms with Crippen LogP contribution in [-0.4, -0.2) is 82.3 Å². The molecule has 85 heavy (non-hydrogen) atoms. The highest BCUT2D eigenvalue weighted by atomic mass is 16.7. The number of carbonyl (C=O) groups excluding carboxylic acids is 3. The van der Waals surface area contributed by atoms with Gasteiger partial charge in [0, 0.05) is 12.8 Å². The van der Waals surface area contributed by atoms with Gasteiger partial charge in [-0.15, -0.1) is 0 Å². The number of esters is 2. The summed E-state index contributed by atoms with van der Waals surface area (Å²) >= 11 is 0. The van der Waals surface area contributed by atoms with E-state index in [1.165, 1.54) is 148 Å². The number of carbonyl (C=O) groups is 3. The van der Waals surface area contributed by atoms with E-state index in [2.05, 4.69) is 135 Å². The number of carboxylic acids is 1. The van der Waals surface area contributed by atoms with E-state index in [9.17, 15) is 19.5 Å². The number of allylic oxidation sites excluding steroid dienone is 20. The van der Waals surface area contributed by atoms with Gasteiger partial charge in [-0.05, 0) is 109 Å². The number of quaternary nitrogens is 1. The molecule has 0 rings (SSSR count). The minimum absolute atomic E-state index is 0.142. The van der Waals surface area contributed by atoms with Gasteiger partial charge >= 0.3 is 11.9 Å². The van der Waals surface area contributed by atoms with Crippen molar-refractivity contribution in [3.05, 3.63) is 122 Å². The van der Waals surface area contributed by atoms with Crippen molar-refractivity contribution >= 4 is 17.9 Å². The fourth-order valence-electron chi connectivity index (χ4n) is 9.41. The van der Waals surface area contributed by atoms with Crippen LogP contribution in [0.25, 0.3) is 0 Å². The van der Waals surface area contributed by atoms with Gasteiger partial charge in [0.1, 0.15) is 13.2 Å². The average molecular weight is 1180 g/mol. The fourth-order valence-corrected chi connectivity index (χ4v) is 9.41. The third-order valence-corrected chi connectivity index (χ3v) is 14.7. The van der Waals surface area contributed by atoms with Gasteiger partial charge in [0.15, 0.2) is 12.4 Å². The first kappa shape index (κ1) is 80.7. The number of aliphatic carboxylic acids is 1. The van der Waals surface area contributed by atoms with Gasteiger partial charge in [0.25, 0.3) is 0 Å². The van der Waals surface area contributed by atoms with Crippen molar-refractivity contribution in [1.82, 2.24) is 0 Å². The Bertz CT molecular complexity index is 1810. The molecule has 9 heteroatoms. The predicted octanol–water partition coefficient (Wildman–Crippen LogP) is 20.2. The molecule has 2 unspecified atom stereocenters. The van der Waals surface area contributed by atoms with Gasteiger partial charge < -0.3 is 33.3 Å². The fraction of sp³-hybridized carbons (Fsp3) is 0.697. The lowest BCUT2D eigenvalue weighted by Crippen LogP contribution is -2.44. The van der Waals surface area contributed by atoms with Gasteiger partial charge in [-0.25, -0.2) is 0 Å². The van der Waals surface area contributed by atoms with Gasteiger partial charge in [-0.3, -0.25) is 9.59 Å². The molecule has 0 fully saturated rings. The smallest absolute Gasteiger partial charge is 0.306 e. The number of carboxylic acid groups (broad SMARTS) is 1. The highest BCUT2D eigenvalue weighted by Crippen LogP contribution is 2.16. The van der Waals surface area contributed by atoms with Crippen LogP contribution in [0.3, 0.4) is 0 Å². The lowest BCUT2D eigenvalue weighted by atomic mass is 10.0. The molecule has 0 aromatic carbocycles. The first-order chi connectivity index (χ1) is 41.6. The Balaban J connectivity index is 4.17. The van der Waals surface area contributed by atoms with Crippen molar-refractivity contribution in [3.63, 3.8) is 0 Å². The second kappa shape index (κ2) is 65.7. The molecule has 0 N–H and O–H groups in total. The second-order valence-corrected chi connectivity index (χ2v) is 24.1. The Morgan fingerprint density at radius 1 is 0.365 bits per heavy atom. The van der Waals surface area contributed by atoms with E-state index in [4.69, 9.17) is 18.9 Å². The molecular formula is C76H129NO8. The molecule has 0 bridgehead atoms. The average Bonchev–Trinajstić information content (AvgIpc) is 3.48. The number of ether oxygens (including phenoxy) is 4. The van der Waals surface area contributed by atoms with Gasteiger partial charge in [0.05, 0.1) is 40.3 Å². The predicted molar refractivity (Wildman–Crippen MR) is 361 cm³/mol. The molecule has 0 saturated carbocycles. The van der Waals surface area contributed by atoms with Crippen LogP contribution in [-0.2, 0) is 33.3 Å². The lowest BCUT2D eigenvalue weighted by molar-refractivity contribution is -0.870. The summed E-state index contributed by atoms with van der Waals surface area (Å²) in [6.07, 6.45) is 89.8. The number of nitrogens with zero attached hydrogens (tertiary/aromatic N) is 1. The van der Waals surface area contributed by atoms with E-state index >= 15 is 0 Å². The third-order valence-electron chi connectivity index (χ3n) is 14.7. The summed E-state index contributed by atoms with van der Waals surface area (Å²) in [5, 5.41) is 11.8. The number of unbranched alkanes of at least 4 members (excludes halogenated alkanes) is 28. The summed E-state index contributed by atoms with van der Waals surface area (Å²) in [7, 11) is 5.92. The van der Waals surface area contributed by atoms with Crippen LogP contribution < -0.4 is 5.11 Å². The van der Waals surface area contributed by atoms with Crippen molar-refractivity contribution in [2.75, 3.05) is 47.5 Å². The summed E-state index contributed by atoms with van der Waals surface area (Å²) in [5.74, 6) is -2.29. The van der Waals surface area contributed by atoms with Crippen molar-refractivity contribution in [2.24, 2.45) is 0 Å². The summed E-state index contributed by atoms with van der Waals surface area (Å²) in [6.45, 7) is 4.63. The highest BCUT2D eigenvalue weighted by molar-refractivity contribution is 5.70. The first-order valence-electron chi connectivity index (χ1n) is 34.7. The molecule has 486 valence electrons. The van der Waals surface area contributed by atoms with Crippen LogP contribution in [0.4, 0.5) is 0 Å². The molecule has 0 aliphatic heterocycles. The Kier molecular flexibility index (Phi) is 62.3. The Labute approximate surface area is 523 Å². The Hall–Kier alpha value is -4.31. The molecule has 0 radical (unpaired) electrons. The van der Waals surface area contributed by atoms with E-state index < -0.39 is 24.3 Å². The highest BCUT2D eigenvalue weighted by Gasteiger charge is 2.22. The van der Waals surface area contributed by atoms with Crippen LogP contribution >= 0.6 is 0 Å². The zero-order valence-corrected chi connectivity index (χ0v) is 55.4. The quantitative estimate of drug-likeness (QED) is 0.0195. The number of rotatable bonds is 63. The van der Waals surface area contributed by atoms with Crippen LogP contribution in [0.2, 0.25) is 0 Å². The lowest BCUT2D eigenvalue weighted by Gasteiger charge is -2.26. The van der Waals surface area contributed by atoms with E-state index in [1.807, 2.05) is 21.1 Å². The zero-order valence-electron chi connectivity index (χ0n) is 55.4. The van der Waals surface area contributed by atoms with Gasteiger partial charge in [-0.2, -0.15) is 0 Å². The summed E-state index contributed by atoms with van der Waals surface area (Å²) in [5.41, 5.74) is 0. The first-order valence-corrected chi connectivity index (χ1v) is 34.7. The molecule has 0 aliphatic carbocycles. The van der Waals surface area contributed by atoms with Crippen LogP contribution in [0, 0.1) is 0 Å². The number of likely N-dealkylation sites (N-methyl/N-ethyl adjacent to an activating group) is 1. The van der Waals surface area contributed by atoms with E-state index in [-0.39, 0.29) is 38.6 Å². The van der Waals surface area contributed by atoms with Gasteiger partial charge in [0.2, 0.25) is 0 Å². The molecule has 0 aromatic rings. The van der Waals surface area contributed by atoms with Crippen LogP contribution in [0.1, 0.15) is 284 Å². The molecule has 0 saturated heterocycles. The van der Waals surface area contributed by atoms with Crippen molar-refractivity contribution in [3.8, 4) is 0 Å². The molecule has 0 aliphatic rings. The van der Waals surface area contributed by atoms with E-state index in [0.29, 0.717) is 17.4 Å². The molecule has 9 nitrogen and oxygen atoms in total. The van der Waals surface area contributed by atoms with Crippen LogP contribution in [0.15, 0.2) is 122 Å². The minimum Gasteiger partial charge on any atom is -0.545 e. The normalized spacial score (nSPS) is 13.5. The molecule has 2 atom stereocenters. The Morgan fingerprint density at radius 3 is 1.00 bits per heavy atom. The van der Waals surface area contributed by atoms with Crippen molar-refractivity contribution in [1.29, 1.82) is 0 Å². The van der Waals surface area contributed by atoms with Gasteiger partial charge in [-0.1, -0.05) is 283 Å². The van der Waals surface area contributed by atoms with Crippen molar-refractivity contribution in [2.45, 2.75) is 296 Å².